The average molecular weight is 409 g/mol. The molecule has 0 aliphatic carbocycles. The van der Waals surface area contributed by atoms with Gasteiger partial charge in [0, 0.05) is 43.5 Å². The van der Waals surface area contributed by atoms with E-state index in [1.54, 1.807) is 24.5 Å². The Balaban J connectivity index is 0.000000826. The van der Waals surface area contributed by atoms with E-state index >= 15 is 0 Å². The molecule has 160 valence electrons. The van der Waals surface area contributed by atoms with E-state index in [0.29, 0.717) is 11.3 Å². The third-order valence-electron chi connectivity index (χ3n) is 4.18. The highest BCUT2D eigenvalue weighted by atomic mass is 16.3. The van der Waals surface area contributed by atoms with Crippen LogP contribution >= 0.6 is 0 Å². The van der Waals surface area contributed by atoms with Gasteiger partial charge in [0.15, 0.2) is 0 Å². The van der Waals surface area contributed by atoms with Crippen molar-refractivity contribution < 1.29 is 5.11 Å². The molecule has 1 fully saturated rings. The SMILES string of the molecule is C#C.C=C/C(=N\N=C(/C)N1CCNCC1)c1ccc(-c2cn[nH]c2)cc1O.CCC. The lowest BCUT2D eigenvalue weighted by molar-refractivity contribution is 0.355. The topological polar surface area (TPSA) is 88.9 Å². The number of piperazine rings is 1. The normalized spacial score (nSPS) is 14.1. The zero-order chi connectivity index (χ0) is 22.4. The van der Waals surface area contributed by atoms with Crippen molar-refractivity contribution in [3.8, 4) is 29.7 Å². The molecular weight excluding hydrogens is 376 g/mol. The second-order valence-corrected chi connectivity index (χ2v) is 6.50. The molecular formula is C23H32N6O. The summed E-state index contributed by atoms with van der Waals surface area (Å²) in [5.41, 5.74) is 2.91. The van der Waals surface area contributed by atoms with Gasteiger partial charge in [-0.2, -0.15) is 5.10 Å². The molecule has 0 spiro atoms. The number of phenolic OH excluding ortho intramolecular Hbond substituents is 1. The van der Waals surface area contributed by atoms with Crippen LogP contribution in [0, 0.1) is 12.8 Å². The van der Waals surface area contributed by atoms with Crippen LogP contribution in [0.25, 0.3) is 11.1 Å². The van der Waals surface area contributed by atoms with Crippen molar-refractivity contribution in [1.82, 2.24) is 20.4 Å². The van der Waals surface area contributed by atoms with Crippen LogP contribution in [0.4, 0.5) is 0 Å². The Morgan fingerprint density at radius 2 is 1.90 bits per heavy atom. The minimum atomic E-state index is 0.132. The number of rotatable bonds is 4. The van der Waals surface area contributed by atoms with Gasteiger partial charge < -0.3 is 15.3 Å². The standard InChI is InChI=1S/C18H22N6O.C3H8.C2H2/c1-3-17(23-22-13(2)24-8-6-19-7-9-24)16-5-4-14(10-18(16)25)15-11-20-21-12-15;1-3-2;1-2/h3-5,10-12,19,25H,1,6-9H2,2H3,(H,20,21);3H2,1-2H3;1-2H/b22-13+,23-17+;;. The Morgan fingerprint density at radius 1 is 1.23 bits per heavy atom. The van der Waals surface area contributed by atoms with Crippen molar-refractivity contribution >= 4 is 11.5 Å². The lowest BCUT2D eigenvalue weighted by atomic mass is 10.0. The van der Waals surface area contributed by atoms with Gasteiger partial charge in [0.1, 0.15) is 11.6 Å². The van der Waals surface area contributed by atoms with E-state index in [-0.39, 0.29) is 5.75 Å². The highest BCUT2D eigenvalue weighted by Crippen LogP contribution is 2.26. The smallest absolute Gasteiger partial charge is 0.125 e. The first kappa shape index (κ1) is 24.7. The molecule has 3 N–H and O–H groups in total. The molecule has 3 rings (SSSR count). The Kier molecular flexibility index (Phi) is 11.3. The number of benzene rings is 1. The van der Waals surface area contributed by atoms with Gasteiger partial charge in [0.25, 0.3) is 0 Å². The fourth-order valence-electron chi connectivity index (χ4n) is 2.72. The van der Waals surface area contributed by atoms with Crippen LogP contribution in [0.1, 0.15) is 32.8 Å². The molecule has 7 nitrogen and oxygen atoms in total. The molecule has 1 aromatic carbocycles. The number of allylic oxidation sites excluding steroid dienone is 1. The Bertz CT molecular complexity index is 846. The lowest BCUT2D eigenvalue weighted by Gasteiger charge is -2.28. The van der Waals surface area contributed by atoms with Gasteiger partial charge in [-0.25, -0.2) is 0 Å². The Labute approximate surface area is 179 Å². The molecule has 0 amide bonds. The monoisotopic (exact) mass is 408 g/mol. The highest BCUT2D eigenvalue weighted by Gasteiger charge is 2.12. The van der Waals surface area contributed by atoms with Crippen LogP contribution in [0.3, 0.4) is 0 Å². The first-order valence-electron chi connectivity index (χ1n) is 9.96. The van der Waals surface area contributed by atoms with E-state index in [2.05, 4.69) is 63.9 Å². The first-order chi connectivity index (χ1) is 14.6. The van der Waals surface area contributed by atoms with Crippen molar-refractivity contribution in [3.63, 3.8) is 0 Å². The van der Waals surface area contributed by atoms with E-state index in [0.717, 1.165) is 43.1 Å². The van der Waals surface area contributed by atoms with Crippen LogP contribution < -0.4 is 5.32 Å². The number of hydrogen-bond acceptors (Lipinski definition) is 5. The summed E-state index contributed by atoms with van der Waals surface area (Å²) >= 11 is 0. The number of amidine groups is 1. The lowest BCUT2D eigenvalue weighted by Crippen LogP contribution is -2.45. The first-order valence-corrected chi connectivity index (χ1v) is 9.96. The number of hydrogen-bond donors (Lipinski definition) is 3. The third-order valence-corrected chi connectivity index (χ3v) is 4.18. The maximum absolute atomic E-state index is 10.4. The number of phenols is 1. The maximum atomic E-state index is 10.4. The fourth-order valence-corrected chi connectivity index (χ4v) is 2.72. The van der Waals surface area contributed by atoms with Crippen LogP contribution in [0.2, 0.25) is 0 Å². The Morgan fingerprint density at radius 3 is 2.43 bits per heavy atom. The Hall–Kier alpha value is -3.37. The van der Waals surface area contributed by atoms with Crippen LogP contribution in [-0.2, 0) is 0 Å². The number of aromatic nitrogens is 2. The summed E-state index contributed by atoms with van der Waals surface area (Å²) in [6, 6.07) is 5.41. The zero-order valence-electron chi connectivity index (χ0n) is 18.1. The van der Waals surface area contributed by atoms with Crippen LogP contribution in [0.15, 0.2) is 53.5 Å². The van der Waals surface area contributed by atoms with Gasteiger partial charge in [-0.05, 0) is 30.7 Å². The summed E-state index contributed by atoms with van der Waals surface area (Å²) in [5, 5.41) is 29.0. The average Bonchev–Trinajstić information content (AvgIpc) is 3.32. The molecule has 0 unspecified atom stereocenters. The maximum Gasteiger partial charge on any atom is 0.125 e. The summed E-state index contributed by atoms with van der Waals surface area (Å²) < 4.78 is 0. The highest BCUT2D eigenvalue weighted by molar-refractivity contribution is 6.10. The number of H-pyrrole nitrogens is 1. The van der Waals surface area contributed by atoms with E-state index < -0.39 is 0 Å². The number of aromatic amines is 1. The van der Waals surface area contributed by atoms with Crippen molar-refractivity contribution in [3.05, 3.63) is 48.8 Å². The number of nitrogens with zero attached hydrogens (tertiary/aromatic N) is 4. The number of terminal acetylenes is 1. The summed E-state index contributed by atoms with van der Waals surface area (Å²) in [6.45, 7) is 13.7. The van der Waals surface area contributed by atoms with Crippen LogP contribution in [-0.4, -0.2) is 57.9 Å². The molecule has 0 radical (unpaired) electrons. The second-order valence-electron chi connectivity index (χ2n) is 6.50. The van der Waals surface area contributed by atoms with E-state index in [4.69, 9.17) is 0 Å². The summed E-state index contributed by atoms with van der Waals surface area (Å²) in [7, 11) is 0. The largest absolute Gasteiger partial charge is 0.507 e. The van der Waals surface area contributed by atoms with Gasteiger partial charge >= 0.3 is 0 Å². The summed E-state index contributed by atoms with van der Waals surface area (Å²) in [4.78, 5) is 2.18. The second kappa shape index (κ2) is 13.7. The van der Waals surface area contributed by atoms with E-state index in [1.165, 1.54) is 6.42 Å². The molecule has 2 heterocycles. The molecule has 1 aliphatic heterocycles. The van der Waals surface area contributed by atoms with E-state index in [9.17, 15) is 5.11 Å². The van der Waals surface area contributed by atoms with Gasteiger partial charge in [-0.1, -0.05) is 32.9 Å². The van der Waals surface area contributed by atoms with Crippen molar-refractivity contribution in [1.29, 1.82) is 0 Å². The third kappa shape index (κ3) is 7.22. The molecule has 0 saturated carbocycles. The quantitative estimate of drug-likeness (QED) is 0.312. The van der Waals surface area contributed by atoms with Crippen molar-refractivity contribution in [2.45, 2.75) is 27.2 Å². The summed E-state index contributed by atoms with van der Waals surface area (Å²) in [6.07, 6.45) is 14.3. The molecule has 2 aromatic rings. The van der Waals surface area contributed by atoms with Gasteiger partial charge in [-0.3, -0.25) is 5.10 Å². The summed E-state index contributed by atoms with van der Waals surface area (Å²) in [5.74, 6) is 0.989. The molecule has 1 saturated heterocycles. The van der Waals surface area contributed by atoms with Gasteiger partial charge in [0.05, 0.1) is 11.9 Å². The number of aromatic hydroxyl groups is 1. The van der Waals surface area contributed by atoms with Crippen molar-refractivity contribution in [2.24, 2.45) is 10.2 Å². The number of nitrogens with one attached hydrogen (secondary N) is 2. The minimum absolute atomic E-state index is 0.132. The molecule has 30 heavy (non-hydrogen) atoms. The van der Waals surface area contributed by atoms with Crippen molar-refractivity contribution in [2.75, 3.05) is 26.2 Å². The van der Waals surface area contributed by atoms with E-state index in [1.807, 2.05) is 19.1 Å². The fraction of sp³-hybridized carbons (Fsp3) is 0.348. The molecule has 0 atom stereocenters. The van der Waals surface area contributed by atoms with Gasteiger partial charge in [0.2, 0.25) is 0 Å². The van der Waals surface area contributed by atoms with Crippen LogP contribution in [0.5, 0.6) is 5.75 Å². The van der Waals surface area contributed by atoms with Gasteiger partial charge in [-0.15, -0.1) is 23.0 Å². The zero-order valence-corrected chi connectivity index (χ0v) is 18.1. The molecule has 1 aliphatic rings. The predicted molar refractivity (Wildman–Crippen MR) is 126 cm³/mol. The molecule has 1 aromatic heterocycles. The predicted octanol–water partition coefficient (Wildman–Crippen LogP) is 3.66. The minimum Gasteiger partial charge on any atom is -0.507 e. The molecule has 0 bridgehead atoms. The molecule has 7 heteroatoms.